The van der Waals surface area contributed by atoms with Crippen molar-refractivity contribution in [2.24, 2.45) is 5.92 Å². The molecule has 1 heterocycles. The van der Waals surface area contributed by atoms with Crippen LogP contribution in [0.25, 0.3) is 0 Å². The van der Waals surface area contributed by atoms with Gasteiger partial charge in [-0.3, -0.25) is 4.79 Å². The molecule has 0 aromatic heterocycles. The molecule has 6 nitrogen and oxygen atoms in total. The summed E-state index contributed by atoms with van der Waals surface area (Å²) in [6.07, 6.45) is 5.21. The van der Waals surface area contributed by atoms with Crippen LogP contribution in [-0.4, -0.2) is 44.9 Å². The molecule has 1 aliphatic heterocycles. The first kappa shape index (κ1) is 22.0. The highest BCUT2D eigenvalue weighted by Gasteiger charge is 2.28. The van der Waals surface area contributed by atoms with Crippen LogP contribution in [0.3, 0.4) is 0 Å². The molecular weight excluding hydrogens is 410 g/mol. The lowest BCUT2D eigenvalue weighted by Gasteiger charge is -2.30. The SMILES string of the molecule is CC1CCN(CCc2cccc(NC(=O)c3cccc(S(=O)(=O)NC4CC4)c3)c2)CC1. The number of anilines is 1. The van der Waals surface area contributed by atoms with E-state index >= 15 is 0 Å². The number of piperidine rings is 1. The van der Waals surface area contributed by atoms with E-state index in [0.717, 1.165) is 50.5 Å². The number of rotatable bonds is 8. The fourth-order valence-electron chi connectivity index (χ4n) is 3.87. The average molecular weight is 442 g/mol. The van der Waals surface area contributed by atoms with Crippen molar-refractivity contribution in [3.63, 3.8) is 0 Å². The van der Waals surface area contributed by atoms with E-state index in [1.807, 2.05) is 18.2 Å². The molecule has 0 bridgehead atoms. The topological polar surface area (TPSA) is 78.5 Å². The Morgan fingerprint density at radius 3 is 2.52 bits per heavy atom. The van der Waals surface area contributed by atoms with Crippen LogP contribution >= 0.6 is 0 Å². The molecule has 2 N–H and O–H groups in total. The van der Waals surface area contributed by atoms with Crippen LogP contribution in [0.1, 0.15) is 48.5 Å². The van der Waals surface area contributed by atoms with Crippen molar-refractivity contribution in [1.82, 2.24) is 9.62 Å². The zero-order chi connectivity index (χ0) is 21.8. The summed E-state index contributed by atoms with van der Waals surface area (Å²) in [7, 11) is -3.59. The summed E-state index contributed by atoms with van der Waals surface area (Å²) in [4.78, 5) is 15.4. The van der Waals surface area contributed by atoms with Crippen LogP contribution in [0.5, 0.6) is 0 Å². The van der Waals surface area contributed by atoms with E-state index in [4.69, 9.17) is 0 Å². The molecule has 1 saturated heterocycles. The second-order valence-corrected chi connectivity index (χ2v) is 10.6. The molecule has 166 valence electrons. The Morgan fingerprint density at radius 2 is 1.77 bits per heavy atom. The van der Waals surface area contributed by atoms with E-state index in [-0.39, 0.29) is 16.8 Å². The van der Waals surface area contributed by atoms with E-state index in [1.165, 1.54) is 30.5 Å². The molecule has 0 radical (unpaired) electrons. The lowest BCUT2D eigenvalue weighted by molar-refractivity contribution is 0.102. The van der Waals surface area contributed by atoms with Gasteiger partial charge in [0.2, 0.25) is 10.0 Å². The number of nitrogens with one attached hydrogen (secondary N) is 2. The van der Waals surface area contributed by atoms with E-state index < -0.39 is 10.0 Å². The second kappa shape index (κ2) is 9.51. The average Bonchev–Trinajstić information content (AvgIpc) is 3.57. The third-order valence-electron chi connectivity index (χ3n) is 6.08. The number of nitrogens with zero attached hydrogens (tertiary/aromatic N) is 1. The summed E-state index contributed by atoms with van der Waals surface area (Å²) in [5, 5.41) is 2.91. The van der Waals surface area contributed by atoms with Gasteiger partial charge in [0.15, 0.2) is 0 Å². The Balaban J connectivity index is 1.37. The maximum absolute atomic E-state index is 12.7. The number of amides is 1. The van der Waals surface area contributed by atoms with E-state index in [0.29, 0.717) is 5.56 Å². The fraction of sp³-hybridized carbons (Fsp3) is 0.458. The number of likely N-dealkylation sites (tertiary alicyclic amines) is 1. The van der Waals surface area contributed by atoms with Gasteiger partial charge in [0.25, 0.3) is 5.91 Å². The van der Waals surface area contributed by atoms with Gasteiger partial charge in [-0.2, -0.15) is 0 Å². The third-order valence-corrected chi connectivity index (χ3v) is 7.60. The first-order valence-corrected chi connectivity index (χ1v) is 12.6. The van der Waals surface area contributed by atoms with Crippen molar-refractivity contribution in [2.45, 2.75) is 50.0 Å². The van der Waals surface area contributed by atoms with Gasteiger partial charge in [-0.05, 0) is 87.0 Å². The Morgan fingerprint density at radius 1 is 1.03 bits per heavy atom. The molecule has 0 unspecified atom stereocenters. The van der Waals surface area contributed by atoms with Gasteiger partial charge >= 0.3 is 0 Å². The van der Waals surface area contributed by atoms with Gasteiger partial charge in [-0.15, -0.1) is 0 Å². The van der Waals surface area contributed by atoms with Gasteiger partial charge in [0, 0.05) is 23.8 Å². The minimum Gasteiger partial charge on any atom is -0.322 e. The van der Waals surface area contributed by atoms with Crippen molar-refractivity contribution < 1.29 is 13.2 Å². The van der Waals surface area contributed by atoms with Crippen LogP contribution in [-0.2, 0) is 16.4 Å². The third kappa shape index (κ3) is 6.15. The summed E-state index contributed by atoms with van der Waals surface area (Å²) >= 11 is 0. The number of hydrogen-bond acceptors (Lipinski definition) is 4. The predicted octanol–water partition coefficient (Wildman–Crippen LogP) is 3.65. The molecule has 2 aromatic carbocycles. The lowest BCUT2D eigenvalue weighted by atomic mass is 9.99. The molecule has 1 amide bonds. The normalized spacial score (nSPS) is 18.1. The molecular formula is C24H31N3O3S. The molecule has 2 fully saturated rings. The van der Waals surface area contributed by atoms with E-state index in [9.17, 15) is 13.2 Å². The number of carbonyl (C=O) groups excluding carboxylic acids is 1. The zero-order valence-corrected chi connectivity index (χ0v) is 18.8. The number of sulfonamides is 1. The molecule has 1 aliphatic carbocycles. The Hall–Kier alpha value is -2.22. The van der Waals surface area contributed by atoms with Crippen LogP contribution in [0.2, 0.25) is 0 Å². The summed E-state index contributed by atoms with van der Waals surface area (Å²) in [6, 6.07) is 14.1. The summed E-state index contributed by atoms with van der Waals surface area (Å²) in [5.41, 5.74) is 2.23. The van der Waals surface area contributed by atoms with Crippen LogP contribution in [0, 0.1) is 5.92 Å². The standard InChI is InChI=1S/C24H31N3O3S/c1-18-10-13-27(14-11-18)15-12-19-4-2-6-22(16-19)25-24(28)20-5-3-7-23(17-20)31(29,30)26-21-8-9-21/h2-7,16-18,21,26H,8-15H2,1H3,(H,25,28). The molecule has 31 heavy (non-hydrogen) atoms. The highest BCUT2D eigenvalue weighted by Crippen LogP contribution is 2.23. The Bertz CT molecular complexity index is 1030. The van der Waals surface area contributed by atoms with Crippen molar-refractivity contribution in [3.05, 3.63) is 59.7 Å². The molecule has 1 saturated carbocycles. The van der Waals surface area contributed by atoms with Crippen molar-refractivity contribution in [2.75, 3.05) is 25.0 Å². The maximum Gasteiger partial charge on any atom is 0.255 e. The number of benzene rings is 2. The number of hydrogen-bond donors (Lipinski definition) is 2. The summed E-state index contributed by atoms with van der Waals surface area (Å²) in [6.45, 7) is 5.66. The minimum absolute atomic E-state index is 0.0264. The fourth-order valence-corrected chi connectivity index (χ4v) is 5.22. The Kier molecular flexibility index (Phi) is 6.74. The van der Waals surface area contributed by atoms with E-state index in [1.54, 1.807) is 12.1 Å². The first-order chi connectivity index (χ1) is 14.9. The van der Waals surface area contributed by atoms with Crippen molar-refractivity contribution >= 4 is 21.6 Å². The molecule has 2 aliphatic rings. The van der Waals surface area contributed by atoms with E-state index in [2.05, 4.69) is 27.9 Å². The van der Waals surface area contributed by atoms with Gasteiger partial charge in [-0.1, -0.05) is 25.1 Å². The molecule has 7 heteroatoms. The Labute approximate surface area is 185 Å². The van der Waals surface area contributed by atoms with Gasteiger partial charge in [0.05, 0.1) is 4.90 Å². The van der Waals surface area contributed by atoms with Crippen LogP contribution < -0.4 is 10.0 Å². The quantitative estimate of drug-likeness (QED) is 0.655. The van der Waals surface area contributed by atoms with Crippen molar-refractivity contribution in [3.8, 4) is 0 Å². The minimum atomic E-state index is -3.59. The predicted molar refractivity (Wildman–Crippen MR) is 123 cm³/mol. The lowest BCUT2D eigenvalue weighted by Crippen LogP contribution is -2.34. The van der Waals surface area contributed by atoms with Crippen molar-refractivity contribution in [1.29, 1.82) is 0 Å². The molecule has 2 aromatic rings. The van der Waals surface area contributed by atoms with Crippen LogP contribution in [0.15, 0.2) is 53.4 Å². The van der Waals surface area contributed by atoms with Crippen LogP contribution in [0.4, 0.5) is 5.69 Å². The van der Waals surface area contributed by atoms with Gasteiger partial charge < -0.3 is 10.2 Å². The largest absolute Gasteiger partial charge is 0.322 e. The summed E-state index contributed by atoms with van der Waals surface area (Å²) in [5.74, 6) is 0.512. The van der Waals surface area contributed by atoms with Gasteiger partial charge in [-0.25, -0.2) is 13.1 Å². The van der Waals surface area contributed by atoms with Gasteiger partial charge in [0.1, 0.15) is 0 Å². The maximum atomic E-state index is 12.7. The summed E-state index contributed by atoms with van der Waals surface area (Å²) < 4.78 is 27.5. The monoisotopic (exact) mass is 441 g/mol. The zero-order valence-electron chi connectivity index (χ0n) is 18.0. The second-order valence-electron chi connectivity index (χ2n) is 8.85. The smallest absolute Gasteiger partial charge is 0.255 e. The first-order valence-electron chi connectivity index (χ1n) is 11.1. The molecule has 0 spiro atoms. The highest BCUT2D eigenvalue weighted by molar-refractivity contribution is 7.89. The molecule has 4 rings (SSSR count). The highest BCUT2D eigenvalue weighted by atomic mass is 32.2. The molecule has 0 atom stereocenters. The number of carbonyl (C=O) groups is 1.